The fourth-order valence-corrected chi connectivity index (χ4v) is 2.39. The SMILES string of the molecule is CCOC(=O)C(C)(C)C(=O)CSc1cc(F)ccc1F. The number of ether oxygens (including phenoxy) is 1. The molecule has 0 aliphatic carbocycles. The quantitative estimate of drug-likeness (QED) is 0.460. The van der Waals surface area contributed by atoms with Crippen molar-refractivity contribution in [1.29, 1.82) is 0 Å². The van der Waals surface area contributed by atoms with Gasteiger partial charge in [-0.25, -0.2) is 8.78 Å². The van der Waals surface area contributed by atoms with Crippen LogP contribution in [0.25, 0.3) is 0 Å². The van der Waals surface area contributed by atoms with Gasteiger partial charge in [-0.3, -0.25) is 9.59 Å². The van der Waals surface area contributed by atoms with Gasteiger partial charge in [0.05, 0.1) is 12.4 Å². The second-order valence-electron chi connectivity index (χ2n) is 4.63. The Morgan fingerprint density at radius 3 is 2.55 bits per heavy atom. The van der Waals surface area contributed by atoms with Gasteiger partial charge in [-0.05, 0) is 39.0 Å². The smallest absolute Gasteiger partial charge is 0.319 e. The van der Waals surface area contributed by atoms with E-state index in [-0.39, 0.29) is 17.3 Å². The molecule has 0 aliphatic heterocycles. The van der Waals surface area contributed by atoms with Crippen molar-refractivity contribution >= 4 is 23.5 Å². The fraction of sp³-hybridized carbons (Fsp3) is 0.429. The van der Waals surface area contributed by atoms with Crippen molar-refractivity contribution < 1.29 is 23.1 Å². The van der Waals surface area contributed by atoms with Crippen LogP contribution in [0.1, 0.15) is 20.8 Å². The summed E-state index contributed by atoms with van der Waals surface area (Å²) in [5, 5.41) is 0. The third-order valence-electron chi connectivity index (χ3n) is 2.73. The molecule has 0 atom stereocenters. The van der Waals surface area contributed by atoms with Crippen LogP contribution in [-0.2, 0) is 14.3 Å². The number of Topliss-reactive ketones (excluding diaryl/α,β-unsaturated/α-hetero) is 1. The molecular weight excluding hydrogens is 286 g/mol. The van der Waals surface area contributed by atoms with Crippen molar-refractivity contribution in [3.05, 3.63) is 29.8 Å². The minimum atomic E-state index is -1.30. The number of halogens is 2. The highest BCUT2D eigenvalue weighted by atomic mass is 32.2. The van der Waals surface area contributed by atoms with Crippen LogP contribution in [0.15, 0.2) is 23.1 Å². The molecule has 0 fully saturated rings. The van der Waals surface area contributed by atoms with Gasteiger partial charge in [-0.15, -0.1) is 11.8 Å². The molecule has 0 spiro atoms. The first kappa shape index (κ1) is 16.6. The van der Waals surface area contributed by atoms with Crippen molar-refractivity contribution in [2.45, 2.75) is 25.7 Å². The molecule has 1 aromatic carbocycles. The van der Waals surface area contributed by atoms with E-state index in [0.29, 0.717) is 0 Å². The lowest BCUT2D eigenvalue weighted by Crippen LogP contribution is -2.36. The summed E-state index contributed by atoms with van der Waals surface area (Å²) in [5.41, 5.74) is -1.30. The average Bonchev–Trinajstić information content (AvgIpc) is 2.39. The van der Waals surface area contributed by atoms with Crippen LogP contribution in [-0.4, -0.2) is 24.1 Å². The lowest BCUT2D eigenvalue weighted by Gasteiger charge is -2.20. The number of carbonyl (C=O) groups excluding carboxylic acids is 2. The van der Waals surface area contributed by atoms with Crippen LogP contribution in [0.2, 0.25) is 0 Å². The van der Waals surface area contributed by atoms with Crippen molar-refractivity contribution in [3.63, 3.8) is 0 Å². The molecule has 0 aromatic heterocycles. The van der Waals surface area contributed by atoms with Crippen LogP contribution in [0, 0.1) is 17.0 Å². The maximum absolute atomic E-state index is 13.4. The molecule has 110 valence electrons. The summed E-state index contributed by atoms with van der Waals surface area (Å²) in [6.07, 6.45) is 0. The Hall–Kier alpha value is -1.43. The summed E-state index contributed by atoms with van der Waals surface area (Å²) in [6, 6.07) is 3.02. The monoisotopic (exact) mass is 302 g/mol. The lowest BCUT2D eigenvalue weighted by molar-refractivity contribution is -0.157. The van der Waals surface area contributed by atoms with Gasteiger partial charge in [0, 0.05) is 4.90 Å². The van der Waals surface area contributed by atoms with Crippen LogP contribution < -0.4 is 0 Å². The minimum absolute atomic E-state index is 0.0398. The van der Waals surface area contributed by atoms with E-state index < -0.39 is 28.8 Å². The van der Waals surface area contributed by atoms with Gasteiger partial charge in [0.2, 0.25) is 0 Å². The molecule has 0 N–H and O–H groups in total. The molecule has 6 heteroatoms. The van der Waals surface area contributed by atoms with Crippen LogP contribution in [0.4, 0.5) is 8.78 Å². The van der Waals surface area contributed by atoms with Gasteiger partial charge >= 0.3 is 5.97 Å². The van der Waals surface area contributed by atoms with Crippen LogP contribution >= 0.6 is 11.8 Å². The maximum atomic E-state index is 13.4. The molecular formula is C14H16F2O3S. The number of carbonyl (C=O) groups is 2. The summed E-state index contributed by atoms with van der Waals surface area (Å²) >= 11 is 0.859. The number of rotatable bonds is 6. The van der Waals surface area contributed by atoms with Crippen molar-refractivity contribution in [2.24, 2.45) is 5.41 Å². The summed E-state index contributed by atoms with van der Waals surface area (Å²) < 4.78 is 31.2. The standard InChI is InChI=1S/C14H16F2O3S/c1-4-19-13(18)14(2,3)12(17)8-20-11-7-9(15)5-6-10(11)16/h5-7H,4,8H2,1-3H3. The van der Waals surface area contributed by atoms with E-state index in [9.17, 15) is 18.4 Å². The largest absolute Gasteiger partial charge is 0.465 e. The third-order valence-corrected chi connectivity index (χ3v) is 3.77. The molecule has 0 saturated heterocycles. The first-order valence-corrected chi connectivity index (χ1v) is 7.06. The van der Waals surface area contributed by atoms with Gasteiger partial charge < -0.3 is 4.74 Å². The topological polar surface area (TPSA) is 43.4 Å². The minimum Gasteiger partial charge on any atom is -0.465 e. The molecule has 1 rings (SSSR count). The number of hydrogen-bond acceptors (Lipinski definition) is 4. The number of hydrogen-bond donors (Lipinski definition) is 0. The van der Waals surface area contributed by atoms with E-state index in [4.69, 9.17) is 4.74 Å². The molecule has 0 saturated carbocycles. The first-order chi connectivity index (χ1) is 9.28. The van der Waals surface area contributed by atoms with E-state index >= 15 is 0 Å². The fourth-order valence-electron chi connectivity index (χ4n) is 1.34. The van der Waals surface area contributed by atoms with Gasteiger partial charge in [0.15, 0.2) is 5.78 Å². The average molecular weight is 302 g/mol. The Kier molecular flexibility index (Phi) is 5.68. The van der Waals surface area contributed by atoms with Crippen LogP contribution in [0.5, 0.6) is 0 Å². The normalized spacial score (nSPS) is 11.2. The molecule has 1 aromatic rings. The zero-order valence-corrected chi connectivity index (χ0v) is 12.4. The van der Waals surface area contributed by atoms with E-state index in [0.717, 1.165) is 30.0 Å². The molecule has 0 unspecified atom stereocenters. The highest BCUT2D eigenvalue weighted by Crippen LogP contribution is 2.27. The Labute approximate surface area is 120 Å². The number of ketones is 1. The van der Waals surface area contributed by atoms with E-state index in [1.54, 1.807) is 6.92 Å². The number of benzene rings is 1. The molecule has 3 nitrogen and oxygen atoms in total. The Morgan fingerprint density at radius 1 is 1.30 bits per heavy atom. The van der Waals surface area contributed by atoms with E-state index in [1.165, 1.54) is 13.8 Å². The van der Waals surface area contributed by atoms with Gasteiger partial charge in [0.1, 0.15) is 17.0 Å². The molecule has 0 heterocycles. The van der Waals surface area contributed by atoms with Crippen molar-refractivity contribution in [2.75, 3.05) is 12.4 Å². The summed E-state index contributed by atoms with van der Waals surface area (Å²) in [4.78, 5) is 23.7. The zero-order chi connectivity index (χ0) is 15.3. The second kappa shape index (κ2) is 6.83. The third kappa shape index (κ3) is 4.03. The number of thioether (sulfide) groups is 1. The Morgan fingerprint density at radius 2 is 1.95 bits per heavy atom. The van der Waals surface area contributed by atoms with E-state index in [2.05, 4.69) is 0 Å². The van der Waals surface area contributed by atoms with Crippen molar-refractivity contribution in [3.8, 4) is 0 Å². The van der Waals surface area contributed by atoms with Crippen LogP contribution in [0.3, 0.4) is 0 Å². The highest BCUT2D eigenvalue weighted by Gasteiger charge is 2.37. The predicted octanol–water partition coefficient (Wildman–Crippen LogP) is 3.22. The van der Waals surface area contributed by atoms with Gasteiger partial charge in [0.25, 0.3) is 0 Å². The molecule has 0 amide bonds. The van der Waals surface area contributed by atoms with Gasteiger partial charge in [-0.1, -0.05) is 0 Å². The van der Waals surface area contributed by atoms with Gasteiger partial charge in [-0.2, -0.15) is 0 Å². The summed E-state index contributed by atoms with van der Waals surface area (Å²) in [5.74, 6) is -2.33. The highest BCUT2D eigenvalue weighted by molar-refractivity contribution is 8.00. The predicted molar refractivity (Wildman–Crippen MR) is 72.5 cm³/mol. The first-order valence-electron chi connectivity index (χ1n) is 6.07. The Bertz CT molecular complexity index is 515. The van der Waals surface area contributed by atoms with E-state index in [1.807, 2.05) is 0 Å². The summed E-state index contributed by atoms with van der Waals surface area (Å²) in [7, 11) is 0. The maximum Gasteiger partial charge on any atom is 0.319 e. The Balaban J connectivity index is 2.71. The van der Waals surface area contributed by atoms with Crippen molar-refractivity contribution in [1.82, 2.24) is 0 Å². The number of esters is 1. The summed E-state index contributed by atoms with van der Waals surface area (Å²) in [6.45, 7) is 4.74. The second-order valence-corrected chi connectivity index (χ2v) is 5.65. The molecule has 0 radical (unpaired) electrons. The molecule has 0 aliphatic rings. The molecule has 0 bridgehead atoms. The zero-order valence-electron chi connectivity index (χ0n) is 11.5. The molecule has 20 heavy (non-hydrogen) atoms. The lowest BCUT2D eigenvalue weighted by atomic mass is 9.89.